The Hall–Kier alpha value is -3.52. The summed E-state index contributed by atoms with van der Waals surface area (Å²) in [6.07, 6.45) is 0.660. The number of thiophene rings is 1. The van der Waals surface area contributed by atoms with Gasteiger partial charge in [-0.3, -0.25) is 14.5 Å². The van der Waals surface area contributed by atoms with Gasteiger partial charge >= 0.3 is 0 Å². The van der Waals surface area contributed by atoms with Crippen molar-refractivity contribution in [1.82, 2.24) is 0 Å². The van der Waals surface area contributed by atoms with Crippen molar-refractivity contribution < 1.29 is 28.2 Å². The molecule has 0 bridgehead atoms. The van der Waals surface area contributed by atoms with E-state index in [1.165, 1.54) is 11.3 Å². The van der Waals surface area contributed by atoms with Crippen molar-refractivity contribution in [1.29, 1.82) is 0 Å². The van der Waals surface area contributed by atoms with Gasteiger partial charge in [0, 0.05) is 22.9 Å². The zero-order valence-electron chi connectivity index (χ0n) is 16.0. The Morgan fingerprint density at radius 2 is 1.97 bits per heavy atom. The van der Waals surface area contributed by atoms with Crippen LogP contribution in [0.2, 0.25) is 0 Å². The highest BCUT2D eigenvalue weighted by Gasteiger charge is 2.48. The number of halogens is 2. The summed E-state index contributed by atoms with van der Waals surface area (Å²) in [5.74, 6) is -3.26. The van der Waals surface area contributed by atoms with E-state index < -0.39 is 29.4 Å². The Labute approximate surface area is 179 Å². The quantitative estimate of drug-likeness (QED) is 0.368. The maximum absolute atomic E-state index is 14.6. The molecule has 1 amide bonds. The van der Waals surface area contributed by atoms with Crippen LogP contribution in [0.1, 0.15) is 22.0 Å². The number of anilines is 1. The maximum atomic E-state index is 14.6. The minimum absolute atomic E-state index is 0.171. The van der Waals surface area contributed by atoms with E-state index in [4.69, 9.17) is 4.74 Å². The largest absolute Gasteiger partial charge is 0.507 e. The third-order valence-electron chi connectivity index (χ3n) is 5.39. The first-order chi connectivity index (χ1) is 15.0. The molecule has 8 heteroatoms. The monoisotopic (exact) mass is 439 g/mol. The number of fused-ring (bicyclic) bond motifs is 1. The Bertz CT molecular complexity index is 1250. The molecule has 1 unspecified atom stereocenters. The van der Waals surface area contributed by atoms with Crippen LogP contribution in [0.5, 0.6) is 5.75 Å². The summed E-state index contributed by atoms with van der Waals surface area (Å²) in [4.78, 5) is 27.4. The first kappa shape index (κ1) is 19.4. The number of rotatable bonds is 3. The molecular weight excluding hydrogens is 424 g/mol. The number of ketones is 1. The summed E-state index contributed by atoms with van der Waals surface area (Å²) in [5.41, 5.74) is 0.697. The molecule has 1 atom stereocenters. The van der Waals surface area contributed by atoms with E-state index in [0.717, 1.165) is 28.7 Å². The number of hydrogen-bond donors (Lipinski definition) is 1. The van der Waals surface area contributed by atoms with Gasteiger partial charge in [0.15, 0.2) is 0 Å². The number of aliphatic hydroxyl groups excluding tert-OH is 1. The van der Waals surface area contributed by atoms with E-state index in [-0.39, 0.29) is 17.0 Å². The fourth-order valence-corrected chi connectivity index (χ4v) is 4.78. The second-order valence-electron chi connectivity index (χ2n) is 7.20. The summed E-state index contributed by atoms with van der Waals surface area (Å²) in [6, 6.07) is 10.0. The topological polar surface area (TPSA) is 66.8 Å². The molecule has 1 saturated heterocycles. The molecule has 3 heterocycles. The van der Waals surface area contributed by atoms with Gasteiger partial charge in [0.2, 0.25) is 0 Å². The van der Waals surface area contributed by atoms with Crippen LogP contribution in [-0.4, -0.2) is 23.4 Å². The standard InChI is InChI=1S/C23H15F2NO4S/c24-14-4-5-15(25)16(11-14)26-20(18-2-1-9-31-18)19(22(28)23(26)29)21(27)13-3-6-17-12(10-13)7-8-30-17/h1-6,9-11,20,27H,7-8H2/b21-19-. The summed E-state index contributed by atoms with van der Waals surface area (Å²) in [6.45, 7) is 0.526. The predicted octanol–water partition coefficient (Wildman–Crippen LogP) is 4.59. The van der Waals surface area contributed by atoms with Gasteiger partial charge in [-0.15, -0.1) is 11.3 Å². The van der Waals surface area contributed by atoms with Crippen LogP contribution in [0.15, 0.2) is 59.5 Å². The molecular formula is C23H15F2NO4S. The summed E-state index contributed by atoms with van der Waals surface area (Å²) in [7, 11) is 0. The average Bonchev–Trinajstić information content (AvgIpc) is 3.50. The van der Waals surface area contributed by atoms with Crippen LogP contribution >= 0.6 is 11.3 Å². The van der Waals surface area contributed by atoms with Gasteiger partial charge in [-0.05, 0) is 47.3 Å². The Morgan fingerprint density at radius 1 is 1.13 bits per heavy atom. The smallest absolute Gasteiger partial charge is 0.300 e. The minimum atomic E-state index is -1.08. The fraction of sp³-hybridized carbons (Fsp3) is 0.130. The van der Waals surface area contributed by atoms with E-state index in [9.17, 15) is 23.5 Å². The third-order valence-corrected chi connectivity index (χ3v) is 6.31. The Morgan fingerprint density at radius 3 is 2.74 bits per heavy atom. The van der Waals surface area contributed by atoms with Crippen molar-refractivity contribution in [2.45, 2.75) is 12.5 Å². The molecule has 3 aromatic rings. The molecule has 1 N–H and O–H groups in total. The minimum Gasteiger partial charge on any atom is -0.507 e. The SMILES string of the molecule is O=C1C(=O)N(c2cc(F)ccc2F)C(c2cccs2)/C1=C(/O)c1ccc2c(c1)CCO2. The lowest BCUT2D eigenvalue weighted by atomic mass is 9.98. The summed E-state index contributed by atoms with van der Waals surface area (Å²) in [5, 5.41) is 12.8. The van der Waals surface area contributed by atoms with Crippen LogP contribution in [0.3, 0.4) is 0 Å². The van der Waals surface area contributed by atoms with Gasteiger partial charge in [0.1, 0.15) is 29.2 Å². The lowest BCUT2D eigenvalue weighted by molar-refractivity contribution is -0.132. The van der Waals surface area contributed by atoms with Crippen molar-refractivity contribution in [3.8, 4) is 5.75 Å². The van der Waals surface area contributed by atoms with Crippen LogP contribution in [0.4, 0.5) is 14.5 Å². The number of carbonyl (C=O) groups excluding carboxylic acids is 2. The van der Waals surface area contributed by atoms with Gasteiger partial charge in [0.25, 0.3) is 11.7 Å². The van der Waals surface area contributed by atoms with E-state index in [1.54, 1.807) is 35.7 Å². The Balaban J connectivity index is 1.71. The third kappa shape index (κ3) is 3.11. The molecule has 0 saturated carbocycles. The highest BCUT2D eigenvalue weighted by molar-refractivity contribution is 7.10. The zero-order valence-corrected chi connectivity index (χ0v) is 16.8. The number of Topliss-reactive ketones (excluding diaryl/α,β-unsaturated/α-hetero) is 1. The van der Waals surface area contributed by atoms with Gasteiger partial charge < -0.3 is 9.84 Å². The molecule has 5 rings (SSSR count). The molecule has 0 aliphatic carbocycles. The first-order valence-corrected chi connectivity index (χ1v) is 10.4. The molecule has 156 valence electrons. The first-order valence-electron chi connectivity index (χ1n) is 9.51. The number of benzene rings is 2. The Kier molecular flexibility index (Phi) is 4.59. The van der Waals surface area contributed by atoms with Crippen LogP contribution in [-0.2, 0) is 16.0 Å². The van der Waals surface area contributed by atoms with Crippen LogP contribution in [0.25, 0.3) is 5.76 Å². The van der Waals surface area contributed by atoms with Crippen molar-refractivity contribution >= 4 is 34.5 Å². The molecule has 5 nitrogen and oxygen atoms in total. The van der Waals surface area contributed by atoms with E-state index >= 15 is 0 Å². The molecule has 1 fully saturated rings. The van der Waals surface area contributed by atoms with E-state index in [2.05, 4.69) is 0 Å². The van der Waals surface area contributed by atoms with Crippen molar-refractivity contribution in [2.75, 3.05) is 11.5 Å². The van der Waals surface area contributed by atoms with Crippen LogP contribution in [0, 0.1) is 11.6 Å². The lowest BCUT2D eigenvalue weighted by Crippen LogP contribution is -2.30. The molecule has 2 aliphatic rings. The van der Waals surface area contributed by atoms with Crippen LogP contribution < -0.4 is 9.64 Å². The van der Waals surface area contributed by atoms with Gasteiger partial charge in [-0.1, -0.05) is 6.07 Å². The van der Waals surface area contributed by atoms with E-state index in [1.807, 2.05) is 0 Å². The number of nitrogens with zero attached hydrogens (tertiary/aromatic N) is 1. The predicted molar refractivity (Wildman–Crippen MR) is 111 cm³/mol. The second kappa shape index (κ2) is 7.31. The highest BCUT2D eigenvalue weighted by Crippen LogP contribution is 2.44. The lowest BCUT2D eigenvalue weighted by Gasteiger charge is -2.24. The molecule has 1 aromatic heterocycles. The number of ether oxygens (including phenoxy) is 1. The normalized spacial score (nSPS) is 19.5. The highest BCUT2D eigenvalue weighted by atomic mass is 32.1. The number of hydrogen-bond acceptors (Lipinski definition) is 5. The molecule has 2 aromatic carbocycles. The number of carbonyl (C=O) groups is 2. The van der Waals surface area contributed by atoms with Gasteiger partial charge in [-0.2, -0.15) is 0 Å². The molecule has 0 spiro atoms. The fourth-order valence-electron chi connectivity index (χ4n) is 3.96. The second-order valence-corrected chi connectivity index (χ2v) is 8.18. The zero-order chi connectivity index (χ0) is 21.7. The van der Waals surface area contributed by atoms with Crippen molar-refractivity contribution in [3.05, 3.63) is 87.1 Å². The molecule has 0 radical (unpaired) electrons. The molecule has 31 heavy (non-hydrogen) atoms. The summed E-state index contributed by atoms with van der Waals surface area (Å²) < 4.78 is 33.9. The number of amides is 1. The van der Waals surface area contributed by atoms with Crippen molar-refractivity contribution in [3.63, 3.8) is 0 Å². The average molecular weight is 439 g/mol. The van der Waals surface area contributed by atoms with Gasteiger partial charge in [-0.25, -0.2) is 8.78 Å². The van der Waals surface area contributed by atoms with E-state index in [0.29, 0.717) is 29.2 Å². The summed E-state index contributed by atoms with van der Waals surface area (Å²) >= 11 is 1.24. The molecule has 2 aliphatic heterocycles. The van der Waals surface area contributed by atoms with Crippen molar-refractivity contribution in [2.24, 2.45) is 0 Å². The number of aliphatic hydroxyl groups is 1. The van der Waals surface area contributed by atoms with Gasteiger partial charge in [0.05, 0.1) is 17.9 Å². The maximum Gasteiger partial charge on any atom is 0.300 e.